The van der Waals surface area contributed by atoms with Gasteiger partial charge in [0.25, 0.3) is 0 Å². The molecule has 1 atom stereocenters. The van der Waals surface area contributed by atoms with Gasteiger partial charge >= 0.3 is 103 Å². The van der Waals surface area contributed by atoms with Crippen LogP contribution < -0.4 is 113 Å². The third-order valence-corrected chi connectivity index (χ3v) is 2.39. The minimum Gasteiger partial charge on any atom is -0.550 e. The van der Waals surface area contributed by atoms with Crippen molar-refractivity contribution < 1.29 is 123 Å². The molecule has 0 spiro atoms. The number of halogens is 1. The van der Waals surface area contributed by atoms with Gasteiger partial charge in [0.2, 0.25) is 0 Å². The van der Waals surface area contributed by atoms with Crippen LogP contribution in [0.15, 0.2) is 35.3 Å². The summed E-state index contributed by atoms with van der Waals surface area (Å²) < 4.78 is 0. The monoisotopic (exact) mass is 357 g/mol. The summed E-state index contributed by atoms with van der Waals surface area (Å²) in [5.74, 6) is -3.05. The van der Waals surface area contributed by atoms with Gasteiger partial charge in [-0.05, 0) is 23.8 Å². The van der Waals surface area contributed by atoms with E-state index in [1.807, 2.05) is 0 Å². The number of carboxylic acids is 2. The number of benzene rings is 1. The second-order valence-electron chi connectivity index (χ2n) is 3.62. The Morgan fingerprint density at radius 2 is 1.76 bits per heavy atom. The number of hydrogen-bond acceptors (Lipinski definition) is 5. The number of rotatable bonds is 6. The number of aliphatic imine (C=N–C) groups is 1. The van der Waals surface area contributed by atoms with Crippen molar-refractivity contribution >= 4 is 35.8 Å². The Labute approximate surface area is 212 Å². The van der Waals surface area contributed by atoms with E-state index in [1.54, 1.807) is 30.3 Å². The Morgan fingerprint density at radius 3 is 2.24 bits per heavy atom. The van der Waals surface area contributed by atoms with Crippen LogP contribution in [0.3, 0.4) is 0 Å². The molecule has 0 aliphatic rings. The largest absolute Gasteiger partial charge is 1.00 e. The Morgan fingerprint density at radius 1 is 1.19 bits per heavy atom. The summed E-state index contributed by atoms with van der Waals surface area (Å²) in [4.78, 5) is 24.5. The first-order chi connectivity index (χ1) is 8.99. The van der Waals surface area contributed by atoms with Crippen molar-refractivity contribution in [2.75, 3.05) is 0 Å². The van der Waals surface area contributed by atoms with Crippen LogP contribution in [-0.2, 0) is 9.59 Å². The SMILES string of the molecule is O=C([O-])C[C@H](N=C/C=C/c1ccc(Cl)cc1)C(=O)[O-].[K+].[K+]. The van der Waals surface area contributed by atoms with Crippen molar-refractivity contribution in [1.82, 2.24) is 0 Å². The van der Waals surface area contributed by atoms with Gasteiger partial charge in [0, 0.05) is 23.6 Å². The van der Waals surface area contributed by atoms with Crippen LogP contribution in [-0.4, -0.2) is 24.2 Å². The summed E-state index contributed by atoms with van der Waals surface area (Å²) in [6.07, 6.45) is 3.66. The van der Waals surface area contributed by atoms with E-state index in [9.17, 15) is 19.8 Å². The zero-order chi connectivity index (χ0) is 14.3. The molecule has 0 heterocycles. The second-order valence-corrected chi connectivity index (χ2v) is 4.06. The zero-order valence-corrected chi connectivity index (χ0v) is 18.8. The summed E-state index contributed by atoms with van der Waals surface area (Å²) in [5.41, 5.74) is 0.848. The molecule has 0 radical (unpaired) electrons. The van der Waals surface area contributed by atoms with Gasteiger partial charge in [-0.3, -0.25) is 4.99 Å². The van der Waals surface area contributed by atoms with Gasteiger partial charge in [-0.1, -0.05) is 29.8 Å². The molecule has 1 rings (SSSR count). The molecule has 0 aliphatic carbocycles. The molecule has 21 heavy (non-hydrogen) atoms. The standard InChI is InChI=1S/C13H12ClNO4.2K/c14-10-5-3-9(4-6-10)2-1-7-15-11(13(18)19)8-12(16)17;;/h1-7,11H,8H2,(H,16,17)(H,18,19);;/q;2*+1/p-2/b2-1+,15-7?;;/t11-;;/m0../s1. The maximum absolute atomic E-state index is 10.6. The molecule has 8 heteroatoms. The normalized spacial score (nSPS) is 11.7. The van der Waals surface area contributed by atoms with Gasteiger partial charge in [-0.25, -0.2) is 0 Å². The molecule has 0 aliphatic heterocycles. The third-order valence-electron chi connectivity index (χ3n) is 2.14. The van der Waals surface area contributed by atoms with E-state index in [0.717, 1.165) is 5.56 Å². The molecule has 0 saturated carbocycles. The van der Waals surface area contributed by atoms with Crippen molar-refractivity contribution in [2.45, 2.75) is 12.5 Å². The average molecular weight is 358 g/mol. The van der Waals surface area contributed by atoms with Crippen LogP contribution in [0.5, 0.6) is 0 Å². The molecule has 0 saturated heterocycles. The fourth-order valence-corrected chi connectivity index (χ4v) is 1.36. The molecular formula is C13H10ClK2NO4. The molecule has 5 nitrogen and oxygen atoms in total. The van der Waals surface area contributed by atoms with Crippen molar-refractivity contribution in [2.24, 2.45) is 4.99 Å². The average Bonchev–Trinajstić information content (AvgIpc) is 2.34. The topological polar surface area (TPSA) is 92.6 Å². The minimum atomic E-state index is -1.56. The first-order valence-electron chi connectivity index (χ1n) is 5.35. The number of hydrogen-bond donors (Lipinski definition) is 0. The van der Waals surface area contributed by atoms with Crippen LogP contribution in [0.25, 0.3) is 6.08 Å². The van der Waals surface area contributed by atoms with Gasteiger partial charge in [-0.15, -0.1) is 0 Å². The Bertz CT molecular complexity index is 517. The van der Waals surface area contributed by atoms with Crippen LogP contribution in [0.2, 0.25) is 5.02 Å². The summed E-state index contributed by atoms with van der Waals surface area (Å²) in [7, 11) is 0. The van der Waals surface area contributed by atoms with E-state index in [-0.39, 0.29) is 103 Å². The second kappa shape index (κ2) is 13.6. The van der Waals surface area contributed by atoms with Gasteiger partial charge in [0.1, 0.15) is 0 Å². The molecule has 0 fully saturated rings. The minimum absolute atomic E-state index is 0. The molecule has 0 unspecified atom stereocenters. The van der Waals surface area contributed by atoms with E-state index in [4.69, 9.17) is 11.6 Å². The zero-order valence-electron chi connectivity index (χ0n) is 11.8. The van der Waals surface area contributed by atoms with Gasteiger partial charge in [-0.2, -0.15) is 0 Å². The third kappa shape index (κ3) is 11.3. The van der Waals surface area contributed by atoms with E-state index >= 15 is 0 Å². The van der Waals surface area contributed by atoms with Gasteiger partial charge in [0.05, 0.1) is 12.0 Å². The Hall–Kier alpha value is 1.13. The van der Waals surface area contributed by atoms with E-state index < -0.39 is 24.4 Å². The quantitative estimate of drug-likeness (QED) is 0.374. The first kappa shape index (κ1) is 24.4. The summed E-state index contributed by atoms with van der Waals surface area (Å²) in [5, 5.41) is 21.5. The van der Waals surface area contributed by atoms with Crippen molar-refractivity contribution in [3.8, 4) is 0 Å². The van der Waals surface area contributed by atoms with Crippen LogP contribution in [0, 0.1) is 0 Å². The number of carboxylic acid groups (broad SMARTS) is 2. The molecule has 0 N–H and O–H groups in total. The Balaban J connectivity index is 0. The van der Waals surface area contributed by atoms with Crippen LogP contribution in [0.1, 0.15) is 12.0 Å². The fourth-order valence-electron chi connectivity index (χ4n) is 1.24. The summed E-state index contributed by atoms with van der Waals surface area (Å²) in [6.45, 7) is 0. The molecule has 1 aromatic carbocycles. The van der Waals surface area contributed by atoms with Crippen LogP contribution >= 0.6 is 11.6 Å². The molecule has 100 valence electrons. The molecule has 1 aromatic rings. The van der Waals surface area contributed by atoms with E-state index in [1.165, 1.54) is 12.3 Å². The molecule has 0 bridgehead atoms. The van der Waals surface area contributed by atoms with E-state index in [2.05, 4.69) is 4.99 Å². The molecular weight excluding hydrogens is 348 g/mol. The summed E-state index contributed by atoms with van der Waals surface area (Å²) >= 11 is 5.71. The Kier molecular flexibility index (Phi) is 15.7. The van der Waals surface area contributed by atoms with Crippen molar-refractivity contribution in [1.29, 1.82) is 0 Å². The van der Waals surface area contributed by atoms with Crippen LogP contribution in [0.4, 0.5) is 0 Å². The van der Waals surface area contributed by atoms with Gasteiger partial charge < -0.3 is 19.8 Å². The number of carbonyl (C=O) groups excluding carboxylic acids is 2. The maximum Gasteiger partial charge on any atom is 1.00 e. The predicted octanol–water partition coefficient (Wildman–Crippen LogP) is -6.31. The number of aliphatic carboxylic acids is 2. The molecule has 0 aromatic heterocycles. The number of nitrogens with zero attached hydrogens (tertiary/aromatic N) is 1. The molecule has 0 amide bonds. The summed E-state index contributed by atoms with van der Waals surface area (Å²) in [6, 6.07) is 5.50. The predicted molar refractivity (Wildman–Crippen MR) is 67.4 cm³/mol. The number of carbonyl (C=O) groups is 2. The maximum atomic E-state index is 10.6. The number of allylic oxidation sites excluding steroid dienone is 1. The van der Waals surface area contributed by atoms with E-state index in [0.29, 0.717) is 5.02 Å². The first-order valence-corrected chi connectivity index (χ1v) is 5.73. The fraction of sp³-hybridized carbons (Fsp3) is 0.154. The van der Waals surface area contributed by atoms with Gasteiger partial charge in [0.15, 0.2) is 0 Å². The van der Waals surface area contributed by atoms with Crippen molar-refractivity contribution in [3.63, 3.8) is 0 Å². The van der Waals surface area contributed by atoms with Crippen molar-refractivity contribution in [3.05, 3.63) is 40.9 Å². The smallest absolute Gasteiger partial charge is 0.550 e.